The molecule has 5 N–H and O–H groups in total. The Balaban J connectivity index is -0.000000105. The number of aromatic nitrogens is 2. The molecule has 66 heavy (non-hydrogen) atoms. The van der Waals surface area contributed by atoms with Crippen LogP contribution in [0.25, 0.3) is 0 Å². The maximum Gasteiger partial charge on any atom is 0.152 e. The highest BCUT2D eigenvalue weighted by Crippen LogP contribution is 2.52. The van der Waals surface area contributed by atoms with E-state index in [1.165, 1.54) is 48.9 Å². The van der Waals surface area contributed by atoms with Crippen LogP contribution in [0.4, 0.5) is 5.82 Å². The van der Waals surface area contributed by atoms with E-state index < -0.39 is 0 Å². The van der Waals surface area contributed by atoms with E-state index in [9.17, 15) is 0 Å². The summed E-state index contributed by atoms with van der Waals surface area (Å²) in [5.74, 6) is 65.5. The third kappa shape index (κ3) is 14.5. The number of nitrogens with zero attached hydrogens (tertiary/aromatic N) is 10. The minimum Gasteiger partial charge on any atom is -0.355 e. The Labute approximate surface area is 409 Å². The predicted octanol–water partition coefficient (Wildman–Crippen LogP) is 8.55. The van der Waals surface area contributed by atoms with E-state index in [-0.39, 0.29) is 32.9 Å². The second kappa shape index (κ2) is 26.7. The van der Waals surface area contributed by atoms with Crippen molar-refractivity contribution in [2.45, 2.75) is 69.9 Å². The van der Waals surface area contributed by atoms with Gasteiger partial charge >= 0.3 is 0 Å². The van der Waals surface area contributed by atoms with Crippen LogP contribution in [0, 0.1) is 166 Å². The van der Waals surface area contributed by atoms with Crippen LogP contribution in [0.1, 0.15) is 107 Å². The Morgan fingerprint density at radius 3 is 1.64 bits per heavy atom. The van der Waals surface area contributed by atoms with Gasteiger partial charge in [0.05, 0.1) is 17.9 Å². The highest BCUT2D eigenvalue weighted by atomic mass is 15.6. The number of aliphatic imine (C=N–C) groups is 1. The van der Waals surface area contributed by atoms with E-state index in [0.29, 0.717) is 12.5 Å². The number of nitrogens with two attached hydrogens (primary N) is 2. The van der Waals surface area contributed by atoms with Crippen LogP contribution in [0.3, 0.4) is 0 Å². The summed E-state index contributed by atoms with van der Waals surface area (Å²) in [6.07, 6.45) is 19.5. The zero-order chi connectivity index (χ0) is 46.5. The highest BCUT2D eigenvalue weighted by molar-refractivity contribution is 6.00. The van der Waals surface area contributed by atoms with Gasteiger partial charge in [0.1, 0.15) is 5.69 Å². The second-order valence-corrected chi connectivity index (χ2v) is 14.4. The number of rotatable bonds is 4. The average Bonchev–Trinajstić information content (AvgIpc) is 4.06. The number of benzene rings is 1. The Bertz CT molecular complexity index is 3030. The monoisotopic (exact) mass is 888 g/mol. The topological polar surface area (TPSA) is 182 Å². The molecule has 13 nitrogen and oxygen atoms in total. The number of piperidine rings is 2. The maximum atomic E-state index is 6.82. The number of likely N-dealkylation sites (tertiary alicyclic amines) is 1. The van der Waals surface area contributed by atoms with Crippen LogP contribution >= 0.6 is 0 Å². The van der Waals surface area contributed by atoms with E-state index in [2.05, 4.69) is 208 Å². The number of fused-ring (bicyclic) bond motifs is 2. The molecule has 1 saturated carbocycles. The van der Waals surface area contributed by atoms with Gasteiger partial charge in [-0.25, -0.2) is 9.97 Å². The van der Waals surface area contributed by atoms with Crippen LogP contribution in [0.2, 0.25) is 0 Å². The zero-order valence-electron chi connectivity index (χ0n) is 35.9. The molecule has 2 aliphatic carbocycles. The normalized spacial score (nSPS) is 15.6. The molecular formula is C53H69N13. The summed E-state index contributed by atoms with van der Waals surface area (Å²) in [5.41, 5.74) is 19.2. The first-order valence-electron chi connectivity index (χ1n) is 20.6. The van der Waals surface area contributed by atoms with Gasteiger partial charge in [-0.2, -0.15) is 5.53 Å². The van der Waals surface area contributed by atoms with Crippen LogP contribution in [0.15, 0.2) is 55.4 Å². The van der Waals surface area contributed by atoms with E-state index in [1.54, 1.807) is 0 Å². The van der Waals surface area contributed by atoms with Crippen molar-refractivity contribution in [3.8, 4) is 155 Å². The van der Waals surface area contributed by atoms with Gasteiger partial charge in [0.15, 0.2) is 11.7 Å². The van der Waals surface area contributed by atoms with Crippen molar-refractivity contribution >= 4 is 11.7 Å². The number of nitrogens with one attached hydrogen (secondary N) is 1. The lowest BCUT2D eigenvalue weighted by Gasteiger charge is -2.43. The fourth-order valence-corrected chi connectivity index (χ4v) is 7.43. The largest absolute Gasteiger partial charge is 0.355 e. The molecule has 13 heteroatoms. The first kappa shape index (κ1) is 47.5. The van der Waals surface area contributed by atoms with Crippen molar-refractivity contribution in [3.05, 3.63) is 52.5 Å². The molecule has 4 heterocycles. The minimum absolute atomic E-state index is 0. The Hall–Kier alpha value is -9.59. The highest BCUT2D eigenvalue weighted by Gasteiger charge is 2.46. The van der Waals surface area contributed by atoms with E-state index in [0.717, 1.165) is 68.5 Å². The molecule has 1 aromatic carbocycles. The Kier molecular flexibility index (Phi) is 19.2. The molecule has 0 bridgehead atoms. The van der Waals surface area contributed by atoms with Gasteiger partial charge in [-0.15, -0.1) is 12.8 Å². The molecule has 1 spiro atoms. The standard InChI is InChI=1S/C27H34N6.C26H2.H3N7.15H2/c28-24-20-7-3-2-6-19(20)16-27(24)10-14-33(15-11-27)26-22(18-8-9-18)31-23-21(30-26)17-29-25(23)32-12-4-1-5-13-32;1-3-5-7-9-11-13-15-17-19-21-23-25-26-24-22-20-18-16-14-12-10-8-6-4-2;1-3-5-7-6-4-2;;;;;;;;;;;;;;;/h2-3,6-7,18,24H,1,4-5,8-17,28H2;1-2H;(H3,1,2,5,6);15*1H/t24-;;;;;;;;;;;;;;;;;/m1................./s1. The van der Waals surface area contributed by atoms with E-state index in [4.69, 9.17) is 39.1 Å². The number of anilines is 1. The average molecular weight is 888 g/mol. The summed E-state index contributed by atoms with van der Waals surface area (Å²) in [6.45, 7) is 4.95. The molecule has 0 unspecified atom stereocenters. The molecule has 3 aliphatic heterocycles. The molecule has 2 aromatic rings. The lowest BCUT2D eigenvalue weighted by Crippen LogP contribution is -2.45. The summed E-state index contributed by atoms with van der Waals surface area (Å²) >= 11 is 0. The van der Waals surface area contributed by atoms with Crippen molar-refractivity contribution in [2.75, 3.05) is 31.1 Å². The molecule has 1 aromatic heterocycles. The SMILES string of the molecule is C#CC#CC#CC#CC#CC#CC#CC#CC#CC#CC#CC#CC#C.N=N/N=N/N=N/N.N[C@@H]1c2ccccc2CC12CCN(c1nc3c(nc1C1CC1)C(N1CCCCC1)=NC3)CC2.[HH].[HH].[HH].[HH].[HH].[HH].[HH].[HH].[HH].[HH].[HH].[HH].[HH].[HH].[HH]. The van der Waals surface area contributed by atoms with Crippen molar-refractivity contribution in [1.29, 1.82) is 5.53 Å². The summed E-state index contributed by atoms with van der Waals surface area (Å²) in [5, 5.41) is 13.5. The molecule has 3 fully saturated rings. The van der Waals surface area contributed by atoms with Crippen LogP contribution < -0.4 is 16.5 Å². The van der Waals surface area contributed by atoms with Crippen molar-refractivity contribution < 1.29 is 21.4 Å². The number of hydrogen-bond acceptors (Lipinski definition) is 8. The Morgan fingerprint density at radius 2 is 1.17 bits per heavy atom. The van der Waals surface area contributed by atoms with Crippen LogP contribution in [-0.4, -0.2) is 46.9 Å². The van der Waals surface area contributed by atoms with Gasteiger partial charge in [0, 0.05) is 107 Å². The van der Waals surface area contributed by atoms with E-state index in [1.807, 2.05) is 0 Å². The molecule has 346 valence electrons. The van der Waals surface area contributed by atoms with E-state index >= 15 is 0 Å². The molecule has 2 saturated heterocycles. The van der Waals surface area contributed by atoms with Crippen molar-refractivity contribution in [3.63, 3.8) is 0 Å². The van der Waals surface area contributed by atoms with Crippen molar-refractivity contribution in [1.82, 2.24) is 14.9 Å². The van der Waals surface area contributed by atoms with Gasteiger partial charge in [-0.3, -0.25) is 4.99 Å². The van der Waals surface area contributed by atoms with Crippen LogP contribution in [0.5, 0.6) is 0 Å². The molecule has 7 rings (SSSR count). The number of hydrogen-bond donors (Lipinski definition) is 3. The van der Waals surface area contributed by atoms with Gasteiger partial charge in [0.25, 0.3) is 0 Å². The molecular weight excluding hydrogens is 819 g/mol. The van der Waals surface area contributed by atoms with Gasteiger partial charge in [-0.05, 0) is 184 Å². The number of terminal acetylenes is 2. The van der Waals surface area contributed by atoms with Gasteiger partial charge in [0.2, 0.25) is 0 Å². The quantitative estimate of drug-likeness (QED) is 0.120. The maximum absolute atomic E-state index is 6.82. The Morgan fingerprint density at radius 1 is 0.652 bits per heavy atom. The molecule has 0 amide bonds. The smallest absolute Gasteiger partial charge is 0.152 e. The third-order valence-corrected chi connectivity index (χ3v) is 10.5. The lowest BCUT2D eigenvalue weighted by atomic mass is 9.73. The summed E-state index contributed by atoms with van der Waals surface area (Å²) in [4.78, 5) is 20.4. The van der Waals surface area contributed by atoms with Gasteiger partial charge in [-0.1, -0.05) is 29.5 Å². The molecule has 0 radical (unpaired) electrons. The zero-order valence-corrected chi connectivity index (χ0v) is 35.9. The summed E-state index contributed by atoms with van der Waals surface area (Å²) in [6, 6.07) is 8.95. The molecule has 5 aliphatic rings. The summed E-state index contributed by atoms with van der Waals surface area (Å²) in [7, 11) is 0. The lowest BCUT2D eigenvalue weighted by molar-refractivity contribution is 0.187. The van der Waals surface area contributed by atoms with Crippen molar-refractivity contribution in [2.24, 2.45) is 48.1 Å². The first-order chi connectivity index (χ1) is 32.5. The predicted molar refractivity (Wildman–Crippen MR) is 285 cm³/mol. The molecule has 1 atom stereocenters. The fraction of sp³-hybridized carbons (Fsp3) is 0.302. The van der Waals surface area contributed by atoms with Gasteiger partial charge < -0.3 is 21.4 Å². The van der Waals surface area contributed by atoms with Crippen LogP contribution in [-0.2, 0) is 13.0 Å². The minimum atomic E-state index is 0. The first-order valence-corrected chi connectivity index (χ1v) is 20.6. The second-order valence-electron chi connectivity index (χ2n) is 14.4. The number of amidine groups is 1. The third-order valence-electron chi connectivity index (χ3n) is 10.5. The summed E-state index contributed by atoms with van der Waals surface area (Å²) < 4.78 is 0. The fourth-order valence-electron chi connectivity index (χ4n) is 7.43.